The van der Waals surface area contributed by atoms with Gasteiger partial charge in [-0.25, -0.2) is 0 Å². The predicted octanol–water partition coefficient (Wildman–Crippen LogP) is 2.77. The molecule has 0 saturated heterocycles. The summed E-state index contributed by atoms with van der Waals surface area (Å²) in [6.45, 7) is 7.32. The lowest BCUT2D eigenvalue weighted by Crippen LogP contribution is -2.22. The molecule has 0 aliphatic heterocycles. The largest absolute Gasteiger partial charge is 0.480 e. The summed E-state index contributed by atoms with van der Waals surface area (Å²) >= 11 is 1.22. The maximum Gasteiger partial charge on any atom is 0.317 e. The van der Waals surface area contributed by atoms with Gasteiger partial charge in [0.25, 0.3) is 0 Å². The van der Waals surface area contributed by atoms with Crippen molar-refractivity contribution in [3.8, 4) is 6.07 Å². The summed E-state index contributed by atoms with van der Waals surface area (Å²) in [6, 6.07) is 3.87. The smallest absolute Gasteiger partial charge is 0.317 e. The zero-order valence-electron chi connectivity index (χ0n) is 10.9. The van der Waals surface area contributed by atoms with Crippen LogP contribution in [-0.4, -0.2) is 21.3 Å². The van der Waals surface area contributed by atoms with Gasteiger partial charge in [-0.15, -0.1) is 11.8 Å². The van der Waals surface area contributed by atoms with E-state index in [-0.39, 0.29) is 5.92 Å². The first-order valence-corrected chi connectivity index (χ1v) is 6.52. The molecule has 1 heterocycles. The number of carboxylic acids is 1. The van der Waals surface area contributed by atoms with Gasteiger partial charge >= 0.3 is 5.97 Å². The minimum absolute atomic E-state index is 0.00665. The van der Waals surface area contributed by atoms with Gasteiger partial charge in [0.1, 0.15) is 11.3 Å². The summed E-state index contributed by atoms with van der Waals surface area (Å²) in [4.78, 5) is 16.1. The highest BCUT2D eigenvalue weighted by Gasteiger charge is 2.24. The number of hydrogen-bond donors (Lipinski definition) is 1. The highest BCUT2D eigenvalue weighted by atomic mass is 32.2. The third-order valence-corrected chi connectivity index (χ3v) is 4.08. The number of rotatable bonds is 4. The van der Waals surface area contributed by atoms with Crippen LogP contribution < -0.4 is 0 Å². The zero-order chi connectivity index (χ0) is 13.9. The fourth-order valence-corrected chi connectivity index (χ4v) is 2.83. The number of nitriles is 1. The second kappa shape index (κ2) is 5.87. The van der Waals surface area contributed by atoms with E-state index in [0.29, 0.717) is 16.2 Å². The third-order valence-electron chi connectivity index (χ3n) is 2.51. The van der Waals surface area contributed by atoms with E-state index in [4.69, 9.17) is 5.26 Å². The van der Waals surface area contributed by atoms with Crippen molar-refractivity contribution in [2.45, 2.75) is 37.8 Å². The first-order valence-electron chi connectivity index (χ1n) is 5.64. The molecule has 5 heteroatoms. The van der Waals surface area contributed by atoms with Crippen molar-refractivity contribution in [2.75, 3.05) is 0 Å². The van der Waals surface area contributed by atoms with Crippen LogP contribution in [0.3, 0.4) is 0 Å². The Labute approximate surface area is 111 Å². The van der Waals surface area contributed by atoms with Crippen LogP contribution in [0.5, 0.6) is 0 Å². The second-order valence-corrected chi connectivity index (χ2v) is 5.64. The Morgan fingerprint density at radius 1 is 1.50 bits per heavy atom. The zero-order valence-corrected chi connectivity index (χ0v) is 11.7. The maximum atomic E-state index is 11.2. The van der Waals surface area contributed by atoms with Crippen LogP contribution in [0.4, 0.5) is 0 Å². The normalized spacial score (nSPS) is 12.2. The van der Waals surface area contributed by atoms with Crippen LogP contribution >= 0.6 is 11.8 Å². The number of thioether (sulfide) groups is 1. The molecule has 0 bridgehead atoms. The first-order chi connectivity index (χ1) is 8.36. The van der Waals surface area contributed by atoms with Gasteiger partial charge in [0.2, 0.25) is 0 Å². The van der Waals surface area contributed by atoms with E-state index in [2.05, 4.69) is 11.1 Å². The number of nitrogens with zero attached hydrogens (tertiary/aromatic N) is 2. The van der Waals surface area contributed by atoms with Crippen LogP contribution in [0.25, 0.3) is 0 Å². The number of aromatic nitrogens is 1. The molecule has 1 aromatic heterocycles. The average Bonchev–Trinajstić information content (AvgIpc) is 2.24. The fourth-order valence-electron chi connectivity index (χ4n) is 1.63. The van der Waals surface area contributed by atoms with Crippen molar-refractivity contribution >= 4 is 17.7 Å². The minimum Gasteiger partial charge on any atom is -0.480 e. The Morgan fingerprint density at radius 2 is 2.11 bits per heavy atom. The quantitative estimate of drug-likeness (QED) is 0.846. The van der Waals surface area contributed by atoms with Crippen molar-refractivity contribution in [1.82, 2.24) is 4.98 Å². The van der Waals surface area contributed by atoms with Gasteiger partial charge in [-0.05, 0) is 25.8 Å². The van der Waals surface area contributed by atoms with E-state index >= 15 is 0 Å². The maximum absolute atomic E-state index is 11.2. The number of carbonyl (C=O) groups is 1. The number of hydrogen-bond acceptors (Lipinski definition) is 4. The molecule has 18 heavy (non-hydrogen) atoms. The third kappa shape index (κ3) is 3.23. The molecule has 1 unspecified atom stereocenters. The van der Waals surface area contributed by atoms with Crippen LogP contribution in [0.15, 0.2) is 11.0 Å². The Kier molecular flexibility index (Phi) is 4.74. The molecule has 0 aromatic carbocycles. The number of pyridine rings is 1. The van der Waals surface area contributed by atoms with Gasteiger partial charge in [-0.1, -0.05) is 13.8 Å². The molecular weight excluding hydrogens is 248 g/mol. The number of carboxylic acid groups (broad SMARTS) is 1. The molecule has 0 spiro atoms. The Hall–Kier alpha value is -1.54. The molecule has 1 N–H and O–H groups in total. The van der Waals surface area contributed by atoms with E-state index in [1.165, 1.54) is 11.8 Å². The molecule has 0 aliphatic rings. The molecule has 0 aliphatic carbocycles. The number of aryl methyl sites for hydroxylation is 2. The van der Waals surface area contributed by atoms with Crippen LogP contribution in [-0.2, 0) is 4.79 Å². The van der Waals surface area contributed by atoms with Crippen LogP contribution in [0.1, 0.15) is 30.8 Å². The molecular formula is C13H16N2O2S. The lowest BCUT2D eigenvalue weighted by atomic mass is 10.1. The van der Waals surface area contributed by atoms with Crippen molar-refractivity contribution in [3.63, 3.8) is 0 Å². The van der Waals surface area contributed by atoms with E-state index in [1.807, 2.05) is 20.8 Å². The summed E-state index contributed by atoms with van der Waals surface area (Å²) in [5, 5.41) is 17.8. The molecule has 1 atom stereocenters. The lowest BCUT2D eigenvalue weighted by molar-refractivity contribution is -0.137. The Morgan fingerprint density at radius 3 is 2.56 bits per heavy atom. The second-order valence-electron chi connectivity index (χ2n) is 4.45. The van der Waals surface area contributed by atoms with Gasteiger partial charge in [-0.3, -0.25) is 9.78 Å². The fraction of sp³-hybridized carbons (Fsp3) is 0.462. The van der Waals surface area contributed by atoms with Crippen molar-refractivity contribution in [3.05, 3.63) is 23.0 Å². The summed E-state index contributed by atoms with van der Waals surface area (Å²) in [5.41, 5.74) is 1.91. The van der Waals surface area contributed by atoms with E-state index in [9.17, 15) is 9.90 Å². The topological polar surface area (TPSA) is 74.0 Å². The van der Waals surface area contributed by atoms with Gasteiger partial charge in [-0.2, -0.15) is 5.26 Å². The minimum atomic E-state index is -0.856. The predicted molar refractivity (Wildman–Crippen MR) is 70.5 cm³/mol. The average molecular weight is 264 g/mol. The lowest BCUT2D eigenvalue weighted by Gasteiger charge is -2.17. The first kappa shape index (κ1) is 14.5. The molecule has 1 rings (SSSR count). The van der Waals surface area contributed by atoms with Gasteiger partial charge in [0.05, 0.1) is 11.3 Å². The number of aliphatic carboxylic acids is 1. The van der Waals surface area contributed by atoms with E-state index in [1.54, 1.807) is 13.0 Å². The van der Waals surface area contributed by atoms with Crippen molar-refractivity contribution in [2.24, 2.45) is 5.92 Å². The molecule has 0 amide bonds. The van der Waals surface area contributed by atoms with Gasteiger partial charge in [0.15, 0.2) is 0 Å². The summed E-state index contributed by atoms with van der Waals surface area (Å²) in [6.07, 6.45) is 0. The SMILES string of the molecule is Cc1cc(SC(C(=O)O)C(C)C)c(C#N)c(C)n1. The monoisotopic (exact) mass is 264 g/mol. The summed E-state index contributed by atoms with van der Waals surface area (Å²) in [7, 11) is 0. The highest BCUT2D eigenvalue weighted by Crippen LogP contribution is 2.32. The standard InChI is InChI=1S/C13H16N2O2S/c1-7(2)12(13(16)17)18-11-5-8(3)15-9(4)10(11)6-14/h5,7,12H,1-4H3,(H,16,17). The van der Waals surface area contributed by atoms with E-state index in [0.717, 1.165) is 5.69 Å². The molecule has 4 nitrogen and oxygen atoms in total. The highest BCUT2D eigenvalue weighted by molar-refractivity contribution is 8.00. The van der Waals surface area contributed by atoms with E-state index < -0.39 is 11.2 Å². The molecule has 0 radical (unpaired) electrons. The van der Waals surface area contributed by atoms with Crippen LogP contribution in [0, 0.1) is 31.1 Å². The molecule has 1 aromatic rings. The van der Waals surface area contributed by atoms with Gasteiger partial charge < -0.3 is 5.11 Å². The Bertz CT molecular complexity index is 506. The Balaban J connectivity index is 3.18. The molecule has 96 valence electrons. The van der Waals surface area contributed by atoms with Crippen molar-refractivity contribution in [1.29, 1.82) is 5.26 Å². The van der Waals surface area contributed by atoms with Gasteiger partial charge in [0, 0.05) is 10.6 Å². The molecule has 0 fully saturated rings. The van der Waals surface area contributed by atoms with Crippen molar-refractivity contribution < 1.29 is 9.90 Å². The summed E-state index contributed by atoms with van der Waals surface area (Å²) < 4.78 is 0. The molecule has 0 saturated carbocycles. The van der Waals surface area contributed by atoms with Crippen LogP contribution in [0.2, 0.25) is 0 Å². The summed E-state index contributed by atoms with van der Waals surface area (Å²) in [5.74, 6) is -0.862.